The molecule has 0 bridgehead atoms. The minimum Gasteiger partial charge on any atom is -0.352 e. The number of piperidine rings is 1. The Balaban J connectivity index is 2.36. The van der Waals surface area contributed by atoms with Gasteiger partial charge in [-0.2, -0.15) is 0 Å². The molecule has 1 heterocycles. The molecule has 106 valence electrons. The van der Waals surface area contributed by atoms with Crippen LogP contribution in [0.1, 0.15) is 65.7 Å². The van der Waals surface area contributed by atoms with Gasteiger partial charge >= 0.3 is 0 Å². The van der Waals surface area contributed by atoms with E-state index in [4.69, 9.17) is 0 Å². The molecule has 1 aliphatic heterocycles. The third-order valence-electron chi connectivity index (χ3n) is 4.09. The quantitative estimate of drug-likeness (QED) is 0.733. The largest absolute Gasteiger partial charge is 0.352 e. The summed E-state index contributed by atoms with van der Waals surface area (Å²) in [5, 5.41) is 6.72. The van der Waals surface area contributed by atoms with Crippen LogP contribution in [0, 0.1) is 5.92 Å². The maximum absolute atomic E-state index is 12.2. The van der Waals surface area contributed by atoms with Crippen molar-refractivity contribution in [2.75, 3.05) is 6.54 Å². The SMILES string of the molecule is CCCCC(CC)C(=O)NC(C)C1CCCCN1. The third-order valence-corrected chi connectivity index (χ3v) is 4.09. The predicted molar refractivity (Wildman–Crippen MR) is 76.6 cm³/mol. The molecule has 1 aliphatic rings. The highest BCUT2D eigenvalue weighted by molar-refractivity contribution is 5.78. The fraction of sp³-hybridized carbons (Fsp3) is 0.933. The predicted octanol–water partition coefficient (Wildman–Crippen LogP) is 2.85. The molecule has 2 N–H and O–H groups in total. The van der Waals surface area contributed by atoms with Gasteiger partial charge in [-0.1, -0.05) is 33.1 Å². The third kappa shape index (κ3) is 4.97. The average molecular weight is 254 g/mol. The molecule has 1 saturated heterocycles. The van der Waals surface area contributed by atoms with E-state index >= 15 is 0 Å². The number of unbranched alkanes of at least 4 members (excludes halogenated alkanes) is 1. The van der Waals surface area contributed by atoms with E-state index < -0.39 is 0 Å². The van der Waals surface area contributed by atoms with Gasteiger partial charge in [0.05, 0.1) is 0 Å². The van der Waals surface area contributed by atoms with E-state index in [1.165, 1.54) is 25.7 Å². The van der Waals surface area contributed by atoms with Gasteiger partial charge in [0.1, 0.15) is 0 Å². The summed E-state index contributed by atoms with van der Waals surface area (Å²) in [7, 11) is 0. The summed E-state index contributed by atoms with van der Waals surface area (Å²) in [5.41, 5.74) is 0. The molecule has 0 aliphatic carbocycles. The van der Waals surface area contributed by atoms with Gasteiger partial charge in [-0.15, -0.1) is 0 Å². The minimum atomic E-state index is 0.205. The van der Waals surface area contributed by atoms with Crippen LogP contribution >= 0.6 is 0 Å². The Kier molecular flexibility index (Phi) is 7.33. The van der Waals surface area contributed by atoms with E-state index in [1.54, 1.807) is 0 Å². The van der Waals surface area contributed by atoms with Crippen LogP contribution in [0.15, 0.2) is 0 Å². The van der Waals surface area contributed by atoms with Gasteiger partial charge < -0.3 is 10.6 Å². The Morgan fingerprint density at radius 2 is 2.17 bits per heavy atom. The maximum atomic E-state index is 12.2. The van der Waals surface area contributed by atoms with Gasteiger partial charge in [0.25, 0.3) is 0 Å². The Morgan fingerprint density at radius 1 is 1.39 bits per heavy atom. The Bertz CT molecular complexity index is 237. The van der Waals surface area contributed by atoms with E-state index in [2.05, 4.69) is 31.4 Å². The first-order valence-electron chi connectivity index (χ1n) is 7.72. The number of rotatable bonds is 7. The van der Waals surface area contributed by atoms with Gasteiger partial charge in [0, 0.05) is 18.0 Å². The van der Waals surface area contributed by atoms with E-state index in [9.17, 15) is 4.79 Å². The first-order chi connectivity index (χ1) is 8.69. The lowest BCUT2D eigenvalue weighted by molar-refractivity contribution is -0.126. The van der Waals surface area contributed by atoms with E-state index in [0.29, 0.717) is 6.04 Å². The van der Waals surface area contributed by atoms with Gasteiger partial charge in [-0.05, 0) is 39.2 Å². The number of amides is 1. The molecular weight excluding hydrogens is 224 g/mol. The van der Waals surface area contributed by atoms with Crippen LogP contribution in [0.4, 0.5) is 0 Å². The summed E-state index contributed by atoms with van der Waals surface area (Å²) in [6, 6.07) is 0.722. The molecular formula is C15H30N2O. The van der Waals surface area contributed by atoms with Crippen LogP contribution in [-0.2, 0) is 4.79 Å². The Morgan fingerprint density at radius 3 is 2.72 bits per heavy atom. The van der Waals surface area contributed by atoms with Crippen molar-refractivity contribution in [1.82, 2.24) is 10.6 Å². The number of carbonyl (C=O) groups is 1. The molecule has 3 heteroatoms. The highest BCUT2D eigenvalue weighted by Crippen LogP contribution is 2.15. The zero-order valence-corrected chi connectivity index (χ0v) is 12.3. The first kappa shape index (κ1) is 15.5. The van der Waals surface area contributed by atoms with Crippen LogP contribution in [0.25, 0.3) is 0 Å². The summed E-state index contributed by atoms with van der Waals surface area (Å²) in [6.07, 6.45) is 8.05. The van der Waals surface area contributed by atoms with E-state index in [-0.39, 0.29) is 17.9 Å². The standard InChI is InChI=1S/C15H30N2O/c1-4-6-9-13(5-2)15(18)17-12(3)14-10-7-8-11-16-14/h12-14,16H,4-11H2,1-3H3,(H,17,18). The average Bonchev–Trinajstić information content (AvgIpc) is 2.40. The Hall–Kier alpha value is -0.570. The maximum Gasteiger partial charge on any atom is 0.223 e. The normalized spacial score (nSPS) is 23.4. The van der Waals surface area contributed by atoms with Crippen LogP contribution in [0.5, 0.6) is 0 Å². The van der Waals surface area contributed by atoms with Gasteiger partial charge in [0.2, 0.25) is 5.91 Å². The highest BCUT2D eigenvalue weighted by atomic mass is 16.1. The molecule has 1 rings (SSSR count). The lowest BCUT2D eigenvalue weighted by Gasteiger charge is -2.30. The van der Waals surface area contributed by atoms with Crippen LogP contribution in [0.2, 0.25) is 0 Å². The van der Waals surface area contributed by atoms with Crippen molar-refractivity contribution < 1.29 is 4.79 Å². The molecule has 0 aromatic rings. The topological polar surface area (TPSA) is 41.1 Å². The fourth-order valence-corrected chi connectivity index (χ4v) is 2.72. The molecule has 0 saturated carbocycles. The van der Waals surface area contributed by atoms with Crippen LogP contribution in [0.3, 0.4) is 0 Å². The molecule has 0 aromatic heterocycles. The molecule has 1 amide bonds. The lowest BCUT2D eigenvalue weighted by atomic mass is 9.95. The van der Waals surface area contributed by atoms with Crippen molar-refractivity contribution in [3.63, 3.8) is 0 Å². The van der Waals surface area contributed by atoms with Crippen molar-refractivity contribution in [1.29, 1.82) is 0 Å². The molecule has 0 aromatic carbocycles. The smallest absolute Gasteiger partial charge is 0.223 e. The lowest BCUT2D eigenvalue weighted by Crippen LogP contribution is -2.51. The molecule has 1 fully saturated rings. The zero-order valence-electron chi connectivity index (χ0n) is 12.3. The summed E-state index contributed by atoms with van der Waals surface area (Å²) in [6.45, 7) is 7.52. The molecule has 3 nitrogen and oxygen atoms in total. The zero-order chi connectivity index (χ0) is 13.4. The van der Waals surface area contributed by atoms with Crippen molar-refractivity contribution in [3.8, 4) is 0 Å². The van der Waals surface area contributed by atoms with Crippen molar-refractivity contribution in [2.45, 2.75) is 77.8 Å². The van der Waals surface area contributed by atoms with Crippen molar-refractivity contribution in [2.24, 2.45) is 5.92 Å². The minimum absolute atomic E-state index is 0.205. The molecule has 3 atom stereocenters. The van der Waals surface area contributed by atoms with Crippen molar-refractivity contribution >= 4 is 5.91 Å². The number of hydrogen-bond acceptors (Lipinski definition) is 2. The molecule has 0 spiro atoms. The van der Waals surface area contributed by atoms with Gasteiger partial charge in [-0.3, -0.25) is 4.79 Å². The number of nitrogens with one attached hydrogen (secondary N) is 2. The Labute approximate surface area is 112 Å². The molecule has 0 radical (unpaired) electrons. The molecule has 3 unspecified atom stereocenters. The summed E-state index contributed by atoms with van der Waals surface area (Å²) < 4.78 is 0. The first-order valence-corrected chi connectivity index (χ1v) is 7.72. The summed E-state index contributed by atoms with van der Waals surface area (Å²) in [4.78, 5) is 12.2. The van der Waals surface area contributed by atoms with Crippen molar-refractivity contribution in [3.05, 3.63) is 0 Å². The van der Waals surface area contributed by atoms with Gasteiger partial charge in [0.15, 0.2) is 0 Å². The summed E-state index contributed by atoms with van der Waals surface area (Å²) >= 11 is 0. The second kappa shape index (κ2) is 8.52. The summed E-state index contributed by atoms with van der Waals surface area (Å²) in [5.74, 6) is 0.460. The number of carbonyl (C=O) groups excluding carboxylic acids is 1. The van der Waals surface area contributed by atoms with Crippen LogP contribution in [-0.4, -0.2) is 24.5 Å². The van der Waals surface area contributed by atoms with E-state index in [0.717, 1.165) is 25.8 Å². The fourth-order valence-electron chi connectivity index (χ4n) is 2.72. The second-order valence-electron chi connectivity index (χ2n) is 5.60. The molecule has 18 heavy (non-hydrogen) atoms. The van der Waals surface area contributed by atoms with E-state index in [1.807, 2.05) is 0 Å². The number of hydrogen-bond donors (Lipinski definition) is 2. The van der Waals surface area contributed by atoms with Crippen LogP contribution < -0.4 is 10.6 Å². The van der Waals surface area contributed by atoms with Gasteiger partial charge in [-0.25, -0.2) is 0 Å². The highest BCUT2D eigenvalue weighted by Gasteiger charge is 2.23. The monoisotopic (exact) mass is 254 g/mol. The second-order valence-corrected chi connectivity index (χ2v) is 5.60.